The summed E-state index contributed by atoms with van der Waals surface area (Å²) in [6.07, 6.45) is 6.46. The van der Waals surface area contributed by atoms with Crippen molar-refractivity contribution >= 4 is 11.5 Å². The van der Waals surface area contributed by atoms with Crippen molar-refractivity contribution in [3.05, 3.63) is 17.8 Å². The van der Waals surface area contributed by atoms with Gasteiger partial charge in [-0.05, 0) is 38.2 Å². The van der Waals surface area contributed by atoms with Crippen molar-refractivity contribution in [1.29, 1.82) is 0 Å². The number of nitrogens with one attached hydrogen (secondary N) is 1. The Kier molecular flexibility index (Phi) is 4.07. The second-order valence-electron chi connectivity index (χ2n) is 5.51. The molecule has 0 atom stereocenters. The third-order valence-corrected chi connectivity index (χ3v) is 3.68. The molecule has 1 aromatic heterocycles. The monoisotopic (exact) mass is 248 g/mol. The van der Waals surface area contributed by atoms with E-state index in [-0.39, 0.29) is 0 Å². The predicted molar refractivity (Wildman–Crippen MR) is 77.2 cm³/mol. The molecule has 0 radical (unpaired) electrons. The van der Waals surface area contributed by atoms with Crippen LogP contribution >= 0.6 is 0 Å². The molecule has 100 valence electrons. The molecule has 4 heteroatoms. The molecule has 4 nitrogen and oxygen atoms in total. The molecule has 1 fully saturated rings. The van der Waals surface area contributed by atoms with Gasteiger partial charge in [-0.1, -0.05) is 0 Å². The van der Waals surface area contributed by atoms with Crippen LogP contribution in [-0.2, 0) is 0 Å². The van der Waals surface area contributed by atoms with E-state index in [1.54, 1.807) is 0 Å². The zero-order valence-corrected chi connectivity index (χ0v) is 11.6. The maximum atomic E-state index is 5.92. The highest BCUT2D eigenvalue weighted by atomic mass is 15.1. The standard InChI is InChI=1S/C14H24N4/c1-10-9-16-14(8-13(10)18(2)3)17-12-6-4-11(15)5-7-12/h8-9,11-12H,4-7,15H2,1-3H3,(H,16,17). The van der Waals surface area contributed by atoms with E-state index in [4.69, 9.17) is 5.73 Å². The van der Waals surface area contributed by atoms with Crippen molar-refractivity contribution in [3.8, 4) is 0 Å². The van der Waals surface area contributed by atoms with Crippen molar-refractivity contribution in [2.75, 3.05) is 24.3 Å². The molecule has 0 unspecified atom stereocenters. The van der Waals surface area contributed by atoms with Crippen LogP contribution in [0.5, 0.6) is 0 Å². The number of pyridine rings is 1. The SMILES string of the molecule is Cc1cnc(NC2CCC(N)CC2)cc1N(C)C. The average Bonchev–Trinajstić information content (AvgIpc) is 2.34. The number of anilines is 2. The summed E-state index contributed by atoms with van der Waals surface area (Å²) >= 11 is 0. The zero-order chi connectivity index (χ0) is 13.1. The lowest BCUT2D eigenvalue weighted by atomic mass is 9.92. The first kappa shape index (κ1) is 13.1. The minimum Gasteiger partial charge on any atom is -0.377 e. The lowest BCUT2D eigenvalue weighted by Crippen LogP contribution is -2.33. The first-order valence-corrected chi connectivity index (χ1v) is 6.72. The summed E-state index contributed by atoms with van der Waals surface area (Å²) in [4.78, 5) is 6.59. The van der Waals surface area contributed by atoms with E-state index in [1.807, 2.05) is 6.20 Å². The molecule has 0 aromatic carbocycles. The van der Waals surface area contributed by atoms with Gasteiger partial charge in [0.2, 0.25) is 0 Å². The molecule has 1 aliphatic carbocycles. The molecule has 0 spiro atoms. The fourth-order valence-electron chi connectivity index (χ4n) is 2.55. The maximum Gasteiger partial charge on any atom is 0.128 e. The van der Waals surface area contributed by atoms with Gasteiger partial charge in [0.1, 0.15) is 5.82 Å². The lowest BCUT2D eigenvalue weighted by molar-refractivity contribution is 0.410. The molecule has 0 aliphatic heterocycles. The summed E-state index contributed by atoms with van der Waals surface area (Å²) in [5.74, 6) is 0.977. The first-order valence-electron chi connectivity index (χ1n) is 6.72. The normalized spacial score (nSPS) is 23.8. The number of hydrogen-bond acceptors (Lipinski definition) is 4. The number of rotatable bonds is 3. The Morgan fingerprint density at radius 2 is 1.94 bits per heavy atom. The number of hydrogen-bond donors (Lipinski definition) is 2. The van der Waals surface area contributed by atoms with Gasteiger partial charge in [0.25, 0.3) is 0 Å². The molecule has 1 saturated carbocycles. The second kappa shape index (κ2) is 5.57. The summed E-state index contributed by atoms with van der Waals surface area (Å²) in [5, 5.41) is 3.53. The van der Waals surface area contributed by atoms with E-state index in [0.717, 1.165) is 31.5 Å². The van der Waals surface area contributed by atoms with Crippen LogP contribution in [0.25, 0.3) is 0 Å². The minimum absolute atomic E-state index is 0.395. The van der Waals surface area contributed by atoms with E-state index in [0.29, 0.717) is 12.1 Å². The van der Waals surface area contributed by atoms with Crippen molar-refractivity contribution in [3.63, 3.8) is 0 Å². The highest BCUT2D eigenvalue weighted by Gasteiger charge is 2.18. The Morgan fingerprint density at radius 3 is 2.56 bits per heavy atom. The lowest BCUT2D eigenvalue weighted by Gasteiger charge is -2.27. The quantitative estimate of drug-likeness (QED) is 0.860. The number of nitrogens with zero attached hydrogens (tertiary/aromatic N) is 2. The molecule has 0 amide bonds. The summed E-state index contributed by atoms with van der Waals surface area (Å²) in [7, 11) is 4.12. The van der Waals surface area contributed by atoms with Gasteiger partial charge in [-0.15, -0.1) is 0 Å². The molecular formula is C14H24N4. The van der Waals surface area contributed by atoms with Crippen LogP contribution < -0.4 is 16.0 Å². The molecule has 0 bridgehead atoms. The van der Waals surface area contributed by atoms with Gasteiger partial charge in [0.15, 0.2) is 0 Å². The molecule has 1 heterocycles. The summed E-state index contributed by atoms with van der Waals surface area (Å²) in [6.45, 7) is 2.09. The molecule has 18 heavy (non-hydrogen) atoms. The second-order valence-corrected chi connectivity index (χ2v) is 5.51. The predicted octanol–water partition coefficient (Wildman–Crippen LogP) is 2.14. The van der Waals surface area contributed by atoms with Crippen LogP contribution in [0.2, 0.25) is 0 Å². The van der Waals surface area contributed by atoms with Gasteiger partial charge < -0.3 is 16.0 Å². The topological polar surface area (TPSA) is 54.2 Å². The number of aryl methyl sites for hydroxylation is 1. The largest absolute Gasteiger partial charge is 0.377 e. The van der Waals surface area contributed by atoms with Crippen LogP contribution in [0.1, 0.15) is 31.2 Å². The molecule has 0 saturated heterocycles. The van der Waals surface area contributed by atoms with Crippen molar-refractivity contribution in [2.24, 2.45) is 5.73 Å². The van der Waals surface area contributed by atoms with Crippen molar-refractivity contribution in [2.45, 2.75) is 44.7 Å². The minimum atomic E-state index is 0.395. The molecule has 1 aliphatic rings. The van der Waals surface area contributed by atoms with Gasteiger partial charge in [-0.3, -0.25) is 0 Å². The summed E-state index contributed by atoms with van der Waals surface area (Å²) in [6, 6.07) is 3.05. The van der Waals surface area contributed by atoms with Gasteiger partial charge >= 0.3 is 0 Å². The van der Waals surface area contributed by atoms with Crippen LogP contribution in [0.3, 0.4) is 0 Å². The third kappa shape index (κ3) is 3.13. The van der Waals surface area contributed by atoms with E-state index < -0.39 is 0 Å². The van der Waals surface area contributed by atoms with Crippen LogP contribution in [0.4, 0.5) is 11.5 Å². The molecular weight excluding hydrogens is 224 g/mol. The Bertz CT molecular complexity index is 395. The molecule has 3 N–H and O–H groups in total. The van der Waals surface area contributed by atoms with Gasteiger partial charge in [0.05, 0.1) is 0 Å². The Balaban J connectivity index is 2.03. The highest BCUT2D eigenvalue weighted by molar-refractivity contribution is 5.58. The summed E-state index contributed by atoms with van der Waals surface area (Å²) in [5.41, 5.74) is 8.35. The Labute approximate surface area is 110 Å². The van der Waals surface area contributed by atoms with Gasteiger partial charge in [-0.25, -0.2) is 4.98 Å². The fourth-order valence-corrected chi connectivity index (χ4v) is 2.55. The van der Waals surface area contributed by atoms with E-state index in [2.05, 4.69) is 42.3 Å². The zero-order valence-electron chi connectivity index (χ0n) is 11.6. The number of nitrogens with two attached hydrogens (primary N) is 1. The number of aromatic nitrogens is 1. The van der Waals surface area contributed by atoms with Crippen LogP contribution in [0.15, 0.2) is 12.3 Å². The highest BCUT2D eigenvalue weighted by Crippen LogP contribution is 2.24. The van der Waals surface area contributed by atoms with E-state index in [1.165, 1.54) is 11.3 Å². The van der Waals surface area contributed by atoms with E-state index in [9.17, 15) is 0 Å². The van der Waals surface area contributed by atoms with Gasteiger partial charge in [-0.2, -0.15) is 0 Å². The fraction of sp³-hybridized carbons (Fsp3) is 0.643. The smallest absolute Gasteiger partial charge is 0.128 e. The molecule has 2 rings (SSSR count). The van der Waals surface area contributed by atoms with Crippen molar-refractivity contribution in [1.82, 2.24) is 4.98 Å². The third-order valence-electron chi connectivity index (χ3n) is 3.68. The molecule has 1 aromatic rings. The first-order chi connectivity index (χ1) is 8.56. The van der Waals surface area contributed by atoms with Crippen molar-refractivity contribution < 1.29 is 0 Å². The van der Waals surface area contributed by atoms with Crippen LogP contribution in [0, 0.1) is 6.92 Å². The average molecular weight is 248 g/mol. The van der Waals surface area contributed by atoms with Crippen LogP contribution in [-0.4, -0.2) is 31.2 Å². The Hall–Kier alpha value is -1.29. The van der Waals surface area contributed by atoms with E-state index >= 15 is 0 Å². The van der Waals surface area contributed by atoms with Gasteiger partial charge in [0, 0.05) is 44.1 Å². The Morgan fingerprint density at radius 1 is 1.28 bits per heavy atom. The summed E-state index contributed by atoms with van der Waals surface area (Å²) < 4.78 is 0. The maximum absolute atomic E-state index is 5.92.